The van der Waals surface area contributed by atoms with Crippen molar-refractivity contribution >= 4 is 5.69 Å². The van der Waals surface area contributed by atoms with E-state index >= 15 is 0 Å². The molecule has 1 fully saturated rings. The quantitative estimate of drug-likeness (QED) is 0.643. The van der Waals surface area contributed by atoms with E-state index in [-0.39, 0.29) is 0 Å². The molecule has 1 aliphatic carbocycles. The Labute approximate surface area is 117 Å². The molecule has 0 aromatic heterocycles. The van der Waals surface area contributed by atoms with Crippen LogP contribution in [0.1, 0.15) is 43.8 Å². The zero-order valence-corrected chi connectivity index (χ0v) is 11.2. The first-order valence-electron chi connectivity index (χ1n) is 6.93. The predicted molar refractivity (Wildman–Crippen MR) is 72.9 cm³/mol. The lowest BCUT2D eigenvalue weighted by Gasteiger charge is -2.24. The van der Waals surface area contributed by atoms with E-state index in [2.05, 4.69) is 5.32 Å². The molecule has 1 atom stereocenters. The number of halogens is 1. The fourth-order valence-electron chi connectivity index (χ4n) is 2.58. The number of aliphatic hydroxyl groups is 1. The molecule has 0 bridgehead atoms. The van der Waals surface area contributed by atoms with Gasteiger partial charge in [0.05, 0.1) is 11.0 Å². The van der Waals surface area contributed by atoms with Gasteiger partial charge in [-0.05, 0) is 24.5 Å². The molecule has 0 saturated heterocycles. The van der Waals surface area contributed by atoms with Crippen LogP contribution in [0.3, 0.4) is 0 Å². The summed E-state index contributed by atoms with van der Waals surface area (Å²) in [6, 6.07) is 3.91. The van der Waals surface area contributed by atoms with Gasteiger partial charge in [0.2, 0.25) is 5.82 Å². The molecule has 0 aliphatic heterocycles. The summed E-state index contributed by atoms with van der Waals surface area (Å²) >= 11 is 0. The van der Waals surface area contributed by atoms with Crippen LogP contribution in [-0.4, -0.2) is 22.6 Å². The van der Waals surface area contributed by atoms with Gasteiger partial charge in [-0.2, -0.15) is 4.39 Å². The number of hydrogen-bond acceptors (Lipinski definition) is 4. The van der Waals surface area contributed by atoms with Gasteiger partial charge >= 0.3 is 5.69 Å². The Bertz CT molecular complexity index is 475. The van der Waals surface area contributed by atoms with Crippen molar-refractivity contribution < 1.29 is 14.4 Å². The van der Waals surface area contributed by atoms with Crippen LogP contribution in [0.5, 0.6) is 0 Å². The summed E-state index contributed by atoms with van der Waals surface area (Å²) in [5.74, 6) is -0.883. The van der Waals surface area contributed by atoms with Crippen LogP contribution in [0, 0.1) is 15.9 Å². The molecule has 6 heteroatoms. The fraction of sp³-hybridized carbons (Fsp3) is 0.571. The minimum absolute atomic E-state index is 0.327. The topological polar surface area (TPSA) is 75.4 Å². The highest BCUT2D eigenvalue weighted by Crippen LogP contribution is 2.23. The number of nitrogens with one attached hydrogen (secondary N) is 1. The summed E-state index contributed by atoms with van der Waals surface area (Å²) < 4.78 is 13.2. The normalized spacial score (nSPS) is 17.9. The molecule has 2 rings (SSSR count). The van der Waals surface area contributed by atoms with Gasteiger partial charge < -0.3 is 10.4 Å². The van der Waals surface area contributed by atoms with Gasteiger partial charge in [-0.1, -0.05) is 25.3 Å². The Morgan fingerprint density at radius 3 is 2.75 bits per heavy atom. The summed E-state index contributed by atoms with van der Waals surface area (Å²) in [5.41, 5.74) is -0.236. The van der Waals surface area contributed by atoms with E-state index in [4.69, 9.17) is 0 Å². The lowest BCUT2D eigenvalue weighted by atomic mass is 9.95. The third-order valence-electron chi connectivity index (χ3n) is 3.76. The molecule has 1 saturated carbocycles. The molecule has 110 valence electrons. The molecule has 0 spiro atoms. The van der Waals surface area contributed by atoms with Crippen molar-refractivity contribution in [2.75, 3.05) is 6.54 Å². The molecule has 1 aromatic carbocycles. The van der Waals surface area contributed by atoms with Crippen molar-refractivity contribution in [3.05, 3.63) is 39.7 Å². The molecule has 0 radical (unpaired) electrons. The second kappa shape index (κ2) is 6.76. The number of nitro groups is 1. The summed E-state index contributed by atoms with van der Waals surface area (Å²) in [4.78, 5) is 9.89. The molecule has 1 aliphatic rings. The van der Waals surface area contributed by atoms with Crippen LogP contribution >= 0.6 is 0 Å². The maximum absolute atomic E-state index is 13.2. The number of hydrogen-bond donors (Lipinski definition) is 2. The van der Waals surface area contributed by atoms with E-state index in [1.165, 1.54) is 25.3 Å². The van der Waals surface area contributed by atoms with Crippen LogP contribution in [0.25, 0.3) is 0 Å². The molecule has 20 heavy (non-hydrogen) atoms. The molecule has 5 nitrogen and oxygen atoms in total. The Morgan fingerprint density at radius 1 is 1.40 bits per heavy atom. The Hall–Kier alpha value is -1.53. The fourth-order valence-corrected chi connectivity index (χ4v) is 2.58. The molecule has 1 aromatic rings. The summed E-state index contributed by atoms with van der Waals surface area (Å²) in [6.07, 6.45) is 4.96. The van der Waals surface area contributed by atoms with Crippen LogP contribution in [0.15, 0.2) is 18.2 Å². The van der Waals surface area contributed by atoms with E-state index in [1.807, 2.05) is 0 Å². The molecule has 0 amide bonds. The zero-order valence-electron chi connectivity index (χ0n) is 11.2. The third-order valence-corrected chi connectivity index (χ3v) is 3.76. The van der Waals surface area contributed by atoms with E-state index in [9.17, 15) is 19.6 Å². The minimum Gasteiger partial charge on any atom is -0.387 e. The Morgan fingerprint density at radius 2 is 2.10 bits per heavy atom. The van der Waals surface area contributed by atoms with Gasteiger partial charge in [0.1, 0.15) is 0 Å². The third kappa shape index (κ3) is 3.74. The van der Waals surface area contributed by atoms with E-state index in [0.717, 1.165) is 25.0 Å². The van der Waals surface area contributed by atoms with Crippen molar-refractivity contribution in [1.82, 2.24) is 5.32 Å². The Balaban J connectivity index is 1.96. The number of rotatable bonds is 5. The van der Waals surface area contributed by atoms with Crippen molar-refractivity contribution in [2.24, 2.45) is 0 Å². The average Bonchev–Trinajstić information content (AvgIpc) is 2.46. The monoisotopic (exact) mass is 282 g/mol. The van der Waals surface area contributed by atoms with E-state index in [1.54, 1.807) is 0 Å². The lowest BCUT2D eigenvalue weighted by Crippen LogP contribution is -2.34. The highest BCUT2D eigenvalue weighted by Gasteiger charge is 2.19. The largest absolute Gasteiger partial charge is 0.387 e. The molecule has 0 heterocycles. The lowest BCUT2D eigenvalue weighted by molar-refractivity contribution is -0.387. The number of nitro benzene ring substituents is 1. The van der Waals surface area contributed by atoms with Crippen molar-refractivity contribution in [3.8, 4) is 0 Å². The van der Waals surface area contributed by atoms with Gasteiger partial charge in [-0.25, -0.2) is 0 Å². The maximum Gasteiger partial charge on any atom is 0.305 e. The molecule has 2 N–H and O–H groups in total. The SMILES string of the molecule is O=[N+]([O-])c1cc(C(O)CNC2CCCCC2)ccc1F. The molecular weight excluding hydrogens is 263 g/mol. The summed E-state index contributed by atoms with van der Waals surface area (Å²) in [7, 11) is 0. The van der Waals surface area contributed by atoms with Gasteiger partial charge in [0.25, 0.3) is 0 Å². The van der Waals surface area contributed by atoms with Crippen LogP contribution < -0.4 is 5.32 Å². The van der Waals surface area contributed by atoms with Crippen LogP contribution in [-0.2, 0) is 0 Å². The summed E-state index contributed by atoms with van der Waals surface area (Å²) in [6.45, 7) is 0.327. The second-order valence-electron chi connectivity index (χ2n) is 5.23. The summed E-state index contributed by atoms with van der Waals surface area (Å²) in [5, 5.41) is 24.0. The van der Waals surface area contributed by atoms with E-state index < -0.39 is 22.5 Å². The van der Waals surface area contributed by atoms with Gasteiger partial charge in [-0.3, -0.25) is 10.1 Å². The smallest absolute Gasteiger partial charge is 0.305 e. The van der Waals surface area contributed by atoms with Gasteiger partial charge in [-0.15, -0.1) is 0 Å². The highest BCUT2D eigenvalue weighted by molar-refractivity contribution is 5.37. The number of aliphatic hydroxyl groups excluding tert-OH is 1. The first-order valence-corrected chi connectivity index (χ1v) is 6.93. The van der Waals surface area contributed by atoms with Crippen molar-refractivity contribution in [1.29, 1.82) is 0 Å². The average molecular weight is 282 g/mol. The van der Waals surface area contributed by atoms with Crippen LogP contribution in [0.4, 0.5) is 10.1 Å². The number of benzene rings is 1. The predicted octanol–water partition coefficient (Wildman–Crippen LogP) is 2.69. The minimum atomic E-state index is -0.883. The first kappa shape index (κ1) is 14.9. The highest BCUT2D eigenvalue weighted by atomic mass is 19.1. The maximum atomic E-state index is 13.2. The van der Waals surface area contributed by atoms with Gasteiger partial charge in [0, 0.05) is 18.7 Å². The standard InChI is InChI=1S/C14H19FN2O3/c15-12-7-6-10(8-13(12)17(19)20)14(18)9-16-11-4-2-1-3-5-11/h6-8,11,14,16,18H,1-5,9H2. The Kier molecular flexibility index (Phi) is 5.03. The van der Waals surface area contributed by atoms with Gasteiger partial charge in [0.15, 0.2) is 0 Å². The van der Waals surface area contributed by atoms with E-state index in [0.29, 0.717) is 18.2 Å². The molecule has 1 unspecified atom stereocenters. The zero-order chi connectivity index (χ0) is 14.5. The number of nitrogens with zero attached hydrogens (tertiary/aromatic N) is 1. The first-order chi connectivity index (χ1) is 9.58. The van der Waals surface area contributed by atoms with Crippen LogP contribution in [0.2, 0.25) is 0 Å². The molecular formula is C14H19FN2O3. The second-order valence-corrected chi connectivity index (χ2v) is 5.23. The van der Waals surface area contributed by atoms with Crippen molar-refractivity contribution in [2.45, 2.75) is 44.2 Å². The van der Waals surface area contributed by atoms with Crippen molar-refractivity contribution in [3.63, 3.8) is 0 Å².